The van der Waals surface area contributed by atoms with Crippen LogP contribution in [0.4, 0.5) is 0 Å². The monoisotopic (exact) mass is 231 g/mol. The number of nitrogens with zero attached hydrogens (tertiary/aromatic N) is 1. The van der Waals surface area contributed by atoms with Crippen molar-refractivity contribution in [2.45, 2.75) is 38.6 Å². The molecule has 0 radical (unpaired) electrons. The van der Waals surface area contributed by atoms with Gasteiger partial charge in [-0.05, 0) is 61.9 Å². The van der Waals surface area contributed by atoms with Crippen molar-refractivity contribution in [1.29, 1.82) is 0 Å². The highest BCUT2D eigenvalue weighted by Crippen LogP contribution is 2.40. The van der Waals surface area contributed by atoms with Gasteiger partial charge in [0, 0.05) is 6.04 Å². The molecule has 3 rings (SSSR count). The van der Waals surface area contributed by atoms with Gasteiger partial charge in [-0.2, -0.15) is 0 Å². The van der Waals surface area contributed by atoms with Crippen LogP contribution in [-0.2, 0) is 6.42 Å². The minimum absolute atomic E-state index is 0.496. The summed E-state index contributed by atoms with van der Waals surface area (Å²) in [6.45, 7) is 4.80. The molecule has 0 aromatic heterocycles. The normalized spacial score (nSPS) is 26.1. The fraction of sp³-hybridized carbons (Fsp3) is 0.600. The van der Waals surface area contributed by atoms with Crippen molar-refractivity contribution in [3.8, 4) is 5.75 Å². The first-order chi connectivity index (χ1) is 8.25. The molecule has 0 spiro atoms. The van der Waals surface area contributed by atoms with Gasteiger partial charge in [-0.15, -0.1) is 0 Å². The Kier molecular flexibility index (Phi) is 2.83. The van der Waals surface area contributed by atoms with Crippen LogP contribution in [0.3, 0.4) is 0 Å². The van der Waals surface area contributed by atoms with Gasteiger partial charge in [0.2, 0.25) is 0 Å². The molecular formula is C15H21NO. The van der Waals surface area contributed by atoms with Gasteiger partial charge in [-0.25, -0.2) is 0 Å². The van der Waals surface area contributed by atoms with E-state index in [-0.39, 0.29) is 0 Å². The first-order valence-corrected chi connectivity index (χ1v) is 6.80. The van der Waals surface area contributed by atoms with Crippen LogP contribution >= 0.6 is 0 Å². The van der Waals surface area contributed by atoms with Gasteiger partial charge in [-0.1, -0.05) is 19.1 Å². The zero-order chi connectivity index (χ0) is 11.8. The minimum Gasteiger partial charge on any atom is -0.508 e. The van der Waals surface area contributed by atoms with E-state index in [0.717, 1.165) is 12.3 Å². The Morgan fingerprint density at radius 2 is 1.94 bits per heavy atom. The molecule has 1 fully saturated rings. The molecule has 17 heavy (non-hydrogen) atoms. The first kappa shape index (κ1) is 11.1. The Labute approximate surface area is 103 Å². The second-order valence-corrected chi connectivity index (χ2v) is 5.62. The molecule has 1 saturated heterocycles. The lowest BCUT2D eigenvalue weighted by Gasteiger charge is -2.35. The fourth-order valence-corrected chi connectivity index (χ4v) is 3.33. The van der Waals surface area contributed by atoms with Crippen LogP contribution in [0.1, 0.15) is 43.4 Å². The summed E-state index contributed by atoms with van der Waals surface area (Å²) < 4.78 is 0. The van der Waals surface area contributed by atoms with Crippen LogP contribution in [0.25, 0.3) is 0 Å². The predicted octanol–water partition coefficient (Wildman–Crippen LogP) is 3.11. The largest absolute Gasteiger partial charge is 0.508 e. The van der Waals surface area contributed by atoms with E-state index in [1.807, 2.05) is 12.1 Å². The molecule has 1 heterocycles. The molecule has 2 heteroatoms. The Morgan fingerprint density at radius 3 is 2.71 bits per heavy atom. The third kappa shape index (κ3) is 1.95. The second-order valence-electron chi connectivity index (χ2n) is 5.62. The Balaban J connectivity index is 1.82. The van der Waals surface area contributed by atoms with Crippen molar-refractivity contribution in [1.82, 2.24) is 4.90 Å². The molecule has 1 aliphatic carbocycles. The molecule has 1 aromatic carbocycles. The smallest absolute Gasteiger partial charge is 0.119 e. The number of benzene rings is 1. The van der Waals surface area contributed by atoms with E-state index in [4.69, 9.17) is 0 Å². The number of hydrogen-bond donors (Lipinski definition) is 1. The molecule has 1 unspecified atom stereocenters. The maximum Gasteiger partial charge on any atom is 0.119 e. The second kappa shape index (κ2) is 4.34. The summed E-state index contributed by atoms with van der Waals surface area (Å²) in [5.74, 6) is 1.38. The SMILES string of the molecule is CC1CCN(C2CCc3c(O)cccc32)CC1. The standard InChI is InChI=1S/C15H21NO/c1-11-7-9-16(10-8-11)14-6-5-13-12(14)3-2-4-15(13)17/h2-4,11,14,17H,5-10H2,1H3. The van der Waals surface area contributed by atoms with Crippen molar-refractivity contribution in [2.75, 3.05) is 13.1 Å². The summed E-state index contributed by atoms with van der Waals surface area (Å²) in [5, 5.41) is 9.87. The molecular weight excluding hydrogens is 210 g/mol. The number of rotatable bonds is 1. The molecule has 0 saturated carbocycles. The van der Waals surface area contributed by atoms with E-state index >= 15 is 0 Å². The number of likely N-dealkylation sites (tertiary alicyclic amines) is 1. The average Bonchev–Trinajstić information content (AvgIpc) is 2.75. The lowest BCUT2D eigenvalue weighted by Crippen LogP contribution is -2.35. The van der Waals surface area contributed by atoms with Crippen LogP contribution in [0, 0.1) is 5.92 Å². The van der Waals surface area contributed by atoms with Gasteiger partial charge in [-0.3, -0.25) is 4.90 Å². The quantitative estimate of drug-likeness (QED) is 0.802. The summed E-state index contributed by atoms with van der Waals surface area (Å²) >= 11 is 0. The van der Waals surface area contributed by atoms with Crippen molar-refractivity contribution >= 4 is 0 Å². The lowest BCUT2D eigenvalue weighted by molar-refractivity contribution is 0.137. The Bertz CT molecular complexity index is 407. The van der Waals surface area contributed by atoms with E-state index < -0.39 is 0 Å². The van der Waals surface area contributed by atoms with Gasteiger partial charge < -0.3 is 5.11 Å². The Morgan fingerprint density at radius 1 is 1.18 bits per heavy atom. The van der Waals surface area contributed by atoms with Crippen LogP contribution in [-0.4, -0.2) is 23.1 Å². The molecule has 2 aliphatic rings. The molecule has 1 aliphatic heterocycles. The zero-order valence-electron chi connectivity index (χ0n) is 10.5. The molecule has 1 aromatic rings. The third-order valence-corrected chi connectivity index (χ3v) is 4.47. The van der Waals surface area contributed by atoms with Crippen molar-refractivity contribution < 1.29 is 5.11 Å². The summed E-state index contributed by atoms with van der Waals surface area (Å²) in [6, 6.07) is 6.56. The number of piperidine rings is 1. The molecule has 1 N–H and O–H groups in total. The van der Waals surface area contributed by atoms with Gasteiger partial charge in [0.05, 0.1) is 0 Å². The summed E-state index contributed by atoms with van der Waals surface area (Å²) in [7, 11) is 0. The van der Waals surface area contributed by atoms with Crippen molar-refractivity contribution in [2.24, 2.45) is 5.92 Å². The minimum atomic E-state index is 0.496. The number of hydrogen-bond acceptors (Lipinski definition) is 2. The Hall–Kier alpha value is -1.02. The third-order valence-electron chi connectivity index (χ3n) is 4.47. The lowest BCUT2D eigenvalue weighted by atomic mass is 9.96. The topological polar surface area (TPSA) is 23.5 Å². The summed E-state index contributed by atoms with van der Waals surface area (Å²) in [4.78, 5) is 2.62. The van der Waals surface area contributed by atoms with Crippen molar-refractivity contribution in [3.63, 3.8) is 0 Å². The average molecular weight is 231 g/mol. The van der Waals surface area contributed by atoms with Gasteiger partial charge in [0.25, 0.3) is 0 Å². The van der Waals surface area contributed by atoms with E-state index in [1.165, 1.54) is 43.5 Å². The number of aromatic hydroxyl groups is 1. The molecule has 0 amide bonds. The van der Waals surface area contributed by atoms with Crippen molar-refractivity contribution in [3.05, 3.63) is 29.3 Å². The van der Waals surface area contributed by atoms with E-state index in [9.17, 15) is 5.11 Å². The van der Waals surface area contributed by atoms with E-state index in [2.05, 4.69) is 17.9 Å². The highest BCUT2D eigenvalue weighted by molar-refractivity contribution is 5.44. The van der Waals surface area contributed by atoms with E-state index in [1.54, 1.807) is 0 Å². The van der Waals surface area contributed by atoms with Crippen LogP contribution < -0.4 is 0 Å². The number of phenolic OH excluding ortho intramolecular Hbond substituents is 1. The molecule has 0 bridgehead atoms. The number of fused-ring (bicyclic) bond motifs is 1. The highest BCUT2D eigenvalue weighted by atomic mass is 16.3. The highest BCUT2D eigenvalue weighted by Gasteiger charge is 2.30. The van der Waals surface area contributed by atoms with Crippen LogP contribution in [0.5, 0.6) is 5.75 Å². The molecule has 92 valence electrons. The number of phenols is 1. The first-order valence-electron chi connectivity index (χ1n) is 6.80. The van der Waals surface area contributed by atoms with Crippen LogP contribution in [0.15, 0.2) is 18.2 Å². The summed E-state index contributed by atoms with van der Waals surface area (Å²) in [6.07, 6.45) is 4.87. The van der Waals surface area contributed by atoms with Crippen LogP contribution in [0.2, 0.25) is 0 Å². The zero-order valence-corrected chi connectivity index (χ0v) is 10.5. The summed E-state index contributed by atoms with van der Waals surface area (Å²) in [5.41, 5.74) is 2.57. The fourth-order valence-electron chi connectivity index (χ4n) is 3.33. The van der Waals surface area contributed by atoms with Gasteiger partial charge >= 0.3 is 0 Å². The van der Waals surface area contributed by atoms with Gasteiger partial charge in [0.15, 0.2) is 0 Å². The van der Waals surface area contributed by atoms with E-state index in [0.29, 0.717) is 11.8 Å². The maximum atomic E-state index is 9.87. The maximum absolute atomic E-state index is 9.87. The van der Waals surface area contributed by atoms with Gasteiger partial charge in [0.1, 0.15) is 5.75 Å². The molecule has 2 nitrogen and oxygen atoms in total. The molecule has 1 atom stereocenters. The predicted molar refractivity (Wildman–Crippen MR) is 69.1 cm³/mol.